The molecule has 3 fully saturated rings. The molecular weight excluding hydrogens is 393 g/mol. The summed E-state index contributed by atoms with van der Waals surface area (Å²) in [6.45, 7) is 1.02. The minimum Gasteiger partial charge on any atom is -0.438 e. The first-order valence-corrected chi connectivity index (χ1v) is 10.4. The predicted molar refractivity (Wildman–Crippen MR) is 105 cm³/mol. The van der Waals surface area contributed by atoms with Crippen molar-refractivity contribution < 1.29 is 22.7 Å². The summed E-state index contributed by atoms with van der Waals surface area (Å²) in [6.07, 6.45) is -0.342. The van der Waals surface area contributed by atoms with Gasteiger partial charge < -0.3 is 4.74 Å². The summed E-state index contributed by atoms with van der Waals surface area (Å²) >= 11 is 0. The van der Waals surface area contributed by atoms with Gasteiger partial charge in [-0.2, -0.15) is 8.78 Å². The SMILES string of the molecule is O=C(O[C@H]1C2CCN(CC2)C1(F)F)N1CCc2ccccc2[C@@H]1c1ccc(F)cc1. The van der Waals surface area contributed by atoms with Crippen LogP contribution in [-0.2, 0) is 11.2 Å². The highest BCUT2D eigenvalue weighted by atomic mass is 19.3. The van der Waals surface area contributed by atoms with E-state index in [4.69, 9.17) is 4.74 Å². The van der Waals surface area contributed by atoms with E-state index in [0.717, 1.165) is 21.6 Å². The van der Waals surface area contributed by atoms with Gasteiger partial charge in [0.15, 0.2) is 6.10 Å². The Morgan fingerprint density at radius 3 is 2.40 bits per heavy atom. The lowest BCUT2D eigenvalue weighted by Gasteiger charge is -2.50. The Hall–Kier alpha value is -2.54. The number of halogens is 3. The lowest BCUT2D eigenvalue weighted by atomic mass is 9.84. The highest BCUT2D eigenvalue weighted by Crippen LogP contribution is 2.44. The maximum absolute atomic E-state index is 14.8. The molecule has 7 heteroatoms. The third-order valence-electron chi connectivity index (χ3n) is 6.66. The number of ether oxygens (including phenoxy) is 1. The van der Waals surface area contributed by atoms with Crippen molar-refractivity contribution in [2.45, 2.75) is 37.5 Å². The third kappa shape index (κ3) is 3.16. The average Bonchev–Trinajstić information content (AvgIpc) is 2.76. The molecule has 3 saturated heterocycles. The Kier molecular flexibility index (Phi) is 4.73. The van der Waals surface area contributed by atoms with E-state index in [2.05, 4.69) is 0 Å². The number of carbonyl (C=O) groups excluding carboxylic acids is 1. The number of nitrogens with zero attached hydrogens (tertiary/aromatic N) is 2. The van der Waals surface area contributed by atoms with Crippen LogP contribution in [0, 0.1) is 11.7 Å². The van der Waals surface area contributed by atoms with Crippen LogP contribution in [0.3, 0.4) is 0 Å². The molecule has 0 unspecified atom stereocenters. The molecular formula is C23H23F3N2O2. The second-order valence-electron chi connectivity index (χ2n) is 8.31. The fourth-order valence-corrected chi connectivity index (χ4v) is 5.08. The highest BCUT2D eigenvalue weighted by Gasteiger charge is 2.58. The van der Waals surface area contributed by atoms with E-state index in [1.165, 1.54) is 17.0 Å². The lowest BCUT2D eigenvalue weighted by Crippen LogP contribution is -2.64. The monoisotopic (exact) mass is 416 g/mol. The second kappa shape index (κ2) is 7.30. The van der Waals surface area contributed by atoms with Crippen LogP contribution < -0.4 is 0 Å². The lowest BCUT2D eigenvalue weighted by molar-refractivity contribution is -0.271. The number of fused-ring (bicyclic) bond motifs is 4. The van der Waals surface area contributed by atoms with Crippen LogP contribution >= 0.6 is 0 Å². The van der Waals surface area contributed by atoms with Crippen molar-refractivity contribution in [3.05, 3.63) is 71.0 Å². The van der Waals surface area contributed by atoms with Crippen molar-refractivity contribution in [1.82, 2.24) is 9.80 Å². The number of carbonyl (C=O) groups is 1. The fourth-order valence-electron chi connectivity index (χ4n) is 5.08. The molecule has 2 aromatic carbocycles. The van der Waals surface area contributed by atoms with Crippen molar-refractivity contribution in [3.8, 4) is 0 Å². The molecule has 30 heavy (non-hydrogen) atoms. The molecule has 1 amide bonds. The molecule has 158 valence electrons. The van der Waals surface area contributed by atoms with Gasteiger partial charge in [0.25, 0.3) is 0 Å². The Labute approximate surface area is 173 Å². The smallest absolute Gasteiger partial charge is 0.411 e. The zero-order valence-corrected chi connectivity index (χ0v) is 16.4. The number of hydrogen-bond acceptors (Lipinski definition) is 3. The van der Waals surface area contributed by atoms with Crippen LogP contribution in [0.15, 0.2) is 48.5 Å². The molecule has 0 radical (unpaired) electrons. The standard InChI is InChI=1S/C23H23F3N2O2/c24-18-7-5-16(6-8-18)20-19-4-2-1-3-15(19)11-14-28(20)22(29)30-21-17-9-12-27(13-10-17)23(21,25)26/h1-8,17,20-21H,9-14H2/t20-,21-/m0/s1. The molecule has 4 nitrogen and oxygen atoms in total. The molecule has 0 aliphatic carbocycles. The highest BCUT2D eigenvalue weighted by molar-refractivity contribution is 5.70. The van der Waals surface area contributed by atoms with E-state index in [1.807, 2.05) is 24.3 Å². The minimum atomic E-state index is -3.14. The summed E-state index contributed by atoms with van der Waals surface area (Å²) in [5, 5.41) is 0. The Bertz CT molecular complexity index is 942. The van der Waals surface area contributed by atoms with Gasteiger partial charge in [-0.25, -0.2) is 14.1 Å². The molecule has 0 spiro atoms. The van der Waals surface area contributed by atoms with Gasteiger partial charge in [-0.15, -0.1) is 0 Å². The maximum atomic E-state index is 14.8. The van der Waals surface area contributed by atoms with Gasteiger partial charge in [0.2, 0.25) is 0 Å². The molecule has 6 rings (SSSR count). The van der Waals surface area contributed by atoms with E-state index in [9.17, 15) is 18.0 Å². The first-order valence-electron chi connectivity index (χ1n) is 10.4. The van der Waals surface area contributed by atoms with Crippen LogP contribution in [0.4, 0.5) is 18.0 Å². The third-order valence-corrected chi connectivity index (χ3v) is 6.66. The summed E-state index contributed by atoms with van der Waals surface area (Å²) in [5.41, 5.74) is 2.72. The molecule has 2 atom stereocenters. The van der Waals surface area contributed by atoms with Crippen LogP contribution in [-0.4, -0.2) is 47.7 Å². The van der Waals surface area contributed by atoms with E-state index in [1.54, 1.807) is 12.1 Å². The molecule has 4 aliphatic heterocycles. The minimum absolute atomic E-state index is 0.324. The quantitative estimate of drug-likeness (QED) is 0.671. The van der Waals surface area contributed by atoms with Gasteiger partial charge in [0, 0.05) is 25.6 Å². The van der Waals surface area contributed by atoms with Crippen molar-refractivity contribution in [2.24, 2.45) is 5.92 Å². The van der Waals surface area contributed by atoms with Gasteiger partial charge in [0.05, 0.1) is 6.04 Å². The van der Waals surface area contributed by atoms with Gasteiger partial charge in [0.1, 0.15) is 5.82 Å². The Morgan fingerprint density at radius 2 is 1.70 bits per heavy atom. The Morgan fingerprint density at radius 1 is 1.00 bits per heavy atom. The predicted octanol–water partition coefficient (Wildman–Crippen LogP) is 4.60. The number of rotatable bonds is 2. The number of alkyl halides is 2. The van der Waals surface area contributed by atoms with Crippen molar-refractivity contribution in [3.63, 3.8) is 0 Å². The number of benzene rings is 2. The Balaban J connectivity index is 1.46. The summed E-state index contributed by atoms with van der Waals surface area (Å²) in [4.78, 5) is 15.8. The van der Waals surface area contributed by atoms with Gasteiger partial charge in [-0.1, -0.05) is 36.4 Å². The van der Waals surface area contributed by atoms with Crippen molar-refractivity contribution in [1.29, 1.82) is 0 Å². The number of piperidine rings is 3. The number of amides is 1. The van der Waals surface area contributed by atoms with E-state index in [0.29, 0.717) is 38.9 Å². The first-order chi connectivity index (χ1) is 14.4. The van der Waals surface area contributed by atoms with E-state index in [-0.39, 0.29) is 11.7 Å². The summed E-state index contributed by atoms with van der Waals surface area (Å²) in [7, 11) is 0. The molecule has 0 N–H and O–H groups in total. The van der Waals surface area contributed by atoms with Crippen molar-refractivity contribution >= 4 is 6.09 Å². The van der Waals surface area contributed by atoms with E-state index >= 15 is 0 Å². The fraction of sp³-hybridized carbons (Fsp3) is 0.435. The molecule has 4 aliphatic rings. The van der Waals surface area contributed by atoms with Crippen molar-refractivity contribution in [2.75, 3.05) is 19.6 Å². The summed E-state index contributed by atoms with van der Waals surface area (Å²) in [5.74, 6) is -0.695. The van der Waals surface area contributed by atoms with Crippen LogP contribution in [0.1, 0.15) is 35.6 Å². The van der Waals surface area contributed by atoms with Crippen LogP contribution in [0.2, 0.25) is 0 Å². The van der Waals surface area contributed by atoms with Crippen LogP contribution in [0.5, 0.6) is 0 Å². The molecule has 2 aromatic rings. The van der Waals surface area contributed by atoms with Gasteiger partial charge >= 0.3 is 12.1 Å². The van der Waals surface area contributed by atoms with Crippen LogP contribution in [0.25, 0.3) is 0 Å². The number of hydrogen-bond donors (Lipinski definition) is 0. The molecule has 0 saturated carbocycles. The molecule has 2 bridgehead atoms. The average molecular weight is 416 g/mol. The largest absolute Gasteiger partial charge is 0.438 e. The zero-order chi connectivity index (χ0) is 20.9. The zero-order valence-electron chi connectivity index (χ0n) is 16.4. The molecule has 0 aromatic heterocycles. The normalized spacial score (nSPS) is 29.4. The summed E-state index contributed by atoms with van der Waals surface area (Å²) < 4.78 is 48.6. The first kappa shape index (κ1) is 19.4. The second-order valence-corrected chi connectivity index (χ2v) is 8.31. The topological polar surface area (TPSA) is 32.8 Å². The van der Waals surface area contributed by atoms with Gasteiger partial charge in [-0.05, 0) is 48.1 Å². The summed E-state index contributed by atoms with van der Waals surface area (Å²) in [6, 6.07) is 10.0. The maximum Gasteiger partial charge on any atom is 0.411 e. The molecule has 4 heterocycles. The van der Waals surface area contributed by atoms with Gasteiger partial charge in [-0.3, -0.25) is 4.90 Å². The van der Waals surface area contributed by atoms with E-state index < -0.39 is 24.3 Å².